The summed E-state index contributed by atoms with van der Waals surface area (Å²) >= 11 is 0. The topological polar surface area (TPSA) is 35.9 Å². The van der Waals surface area contributed by atoms with E-state index >= 15 is 0 Å². The van der Waals surface area contributed by atoms with E-state index in [0.717, 1.165) is 18.3 Å². The van der Waals surface area contributed by atoms with Gasteiger partial charge in [-0.1, -0.05) is 32.1 Å². The summed E-state index contributed by atoms with van der Waals surface area (Å²) in [4.78, 5) is 19.8. The van der Waals surface area contributed by atoms with Crippen LogP contribution < -0.4 is 0 Å². The molecule has 0 N–H and O–H groups in total. The van der Waals surface area contributed by atoms with Gasteiger partial charge in [0.2, 0.25) is 11.9 Å². The highest BCUT2D eigenvalue weighted by Gasteiger charge is 2.15. The summed E-state index contributed by atoms with van der Waals surface area (Å²) in [6, 6.07) is 0. The monoisotopic (exact) mass is 253 g/mol. The lowest BCUT2D eigenvalue weighted by atomic mass is 9.86. The average Bonchev–Trinajstić information content (AvgIpc) is 2.34. The third kappa shape index (κ3) is 5.07. The van der Waals surface area contributed by atoms with Crippen LogP contribution in [0, 0.1) is 5.92 Å². The summed E-state index contributed by atoms with van der Waals surface area (Å²) in [6.45, 7) is 0. The summed E-state index contributed by atoms with van der Waals surface area (Å²) in [5.41, 5.74) is 0. The molecule has 0 aromatic rings. The first-order valence-corrected chi connectivity index (χ1v) is 6.97. The lowest BCUT2D eigenvalue weighted by molar-refractivity contribution is -0.118. The normalized spacial score (nSPS) is 16.2. The quantitative estimate of drug-likeness (QED) is 0.572. The van der Waals surface area contributed by atoms with Crippen molar-refractivity contribution in [2.45, 2.75) is 44.9 Å². The molecule has 1 aliphatic rings. The fraction of sp³-hybridized carbons (Fsp3) is 0.857. The number of aliphatic imine (C=N–C) groups is 1. The van der Waals surface area contributed by atoms with E-state index in [4.69, 9.17) is 0 Å². The van der Waals surface area contributed by atoms with Crippen LogP contribution in [0.15, 0.2) is 4.99 Å². The van der Waals surface area contributed by atoms with Gasteiger partial charge >= 0.3 is 0 Å². The van der Waals surface area contributed by atoms with Crippen LogP contribution in [-0.2, 0) is 4.79 Å². The zero-order valence-electron chi connectivity index (χ0n) is 12.3. The molecule has 4 nitrogen and oxygen atoms in total. The zero-order valence-corrected chi connectivity index (χ0v) is 12.3. The molecule has 0 spiro atoms. The van der Waals surface area contributed by atoms with Crippen molar-refractivity contribution in [3.8, 4) is 0 Å². The van der Waals surface area contributed by atoms with E-state index in [1.165, 1.54) is 32.1 Å². The minimum Gasteiger partial charge on any atom is -0.349 e. The Hall–Kier alpha value is -1.06. The van der Waals surface area contributed by atoms with Gasteiger partial charge in [0.1, 0.15) is 0 Å². The molecule has 0 aliphatic heterocycles. The summed E-state index contributed by atoms with van der Waals surface area (Å²) in [5.74, 6) is 1.49. The van der Waals surface area contributed by atoms with Crippen molar-refractivity contribution in [3.63, 3.8) is 0 Å². The highest BCUT2D eigenvalue weighted by atomic mass is 16.1. The molecular formula is C14H27N3O. The number of carbonyl (C=O) groups excluding carboxylic acids is 1. The van der Waals surface area contributed by atoms with Gasteiger partial charge < -0.3 is 9.80 Å². The Bertz CT molecular complexity index is 281. The highest BCUT2D eigenvalue weighted by molar-refractivity contribution is 5.92. The second-order valence-corrected chi connectivity index (χ2v) is 5.64. The maximum absolute atomic E-state index is 11.9. The molecule has 0 radical (unpaired) electrons. The third-order valence-corrected chi connectivity index (χ3v) is 3.52. The Morgan fingerprint density at radius 1 is 1.06 bits per heavy atom. The van der Waals surface area contributed by atoms with Gasteiger partial charge in [-0.25, -0.2) is 0 Å². The predicted octanol–water partition coefficient (Wildman–Crippen LogP) is 2.35. The second kappa shape index (κ2) is 7.39. The number of guanidine groups is 1. The van der Waals surface area contributed by atoms with Gasteiger partial charge in [-0.3, -0.25) is 4.79 Å². The lowest BCUT2D eigenvalue weighted by Gasteiger charge is -2.23. The highest BCUT2D eigenvalue weighted by Crippen LogP contribution is 2.27. The van der Waals surface area contributed by atoms with Crippen molar-refractivity contribution in [1.29, 1.82) is 0 Å². The van der Waals surface area contributed by atoms with Crippen molar-refractivity contribution in [3.05, 3.63) is 0 Å². The van der Waals surface area contributed by atoms with E-state index in [9.17, 15) is 4.79 Å². The molecular weight excluding hydrogens is 226 g/mol. The van der Waals surface area contributed by atoms with Crippen LogP contribution in [0.3, 0.4) is 0 Å². The number of hydrogen-bond donors (Lipinski definition) is 0. The molecule has 1 rings (SSSR count). The zero-order chi connectivity index (χ0) is 13.5. The first kappa shape index (κ1) is 15.0. The van der Waals surface area contributed by atoms with Crippen LogP contribution in [0.4, 0.5) is 0 Å². The SMILES string of the molecule is CN(C)C(=NC(=O)CCC1CCCCC1)N(C)C. The molecule has 1 aliphatic carbocycles. The van der Waals surface area contributed by atoms with Gasteiger partial charge in [-0.2, -0.15) is 4.99 Å². The largest absolute Gasteiger partial charge is 0.349 e. The van der Waals surface area contributed by atoms with E-state index in [2.05, 4.69) is 4.99 Å². The van der Waals surface area contributed by atoms with Crippen LogP contribution in [0.25, 0.3) is 0 Å². The summed E-state index contributed by atoms with van der Waals surface area (Å²) in [5, 5.41) is 0. The van der Waals surface area contributed by atoms with Crippen molar-refractivity contribution < 1.29 is 4.79 Å². The molecule has 0 aromatic heterocycles. The molecule has 1 fully saturated rings. The minimum atomic E-state index is 0.0120. The molecule has 0 bridgehead atoms. The number of nitrogens with zero attached hydrogens (tertiary/aromatic N) is 3. The van der Waals surface area contributed by atoms with Gasteiger partial charge in [0, 0.05) is 34.6 Å². The van der Waals surface area contributed by atoms with Crippen molar-refractivity contribution in [2.24, 2.45) is 10.9 Å². The fourth-order valence-electron chi connectivity index (χ4n) is 2.57. The Balaban J connectivity index is 2.41. The first-order chi connectivity index (χ1) is 8.50. The maximum Gasteiger partial charge on any atom is 0.248 e. The standard InChI is InChI=1S/C14H27N3O/c1-16(2)14(17(3)4)15-13(18)11-10-12-8-6-5-7-9-12/h12H,5-11H2,1-4H3. The Labute approximate surface area is 111 Å². The average molecular weight is 253 g/mol. The third-order valence-electron chi connectivity index (χ3n) is 3.52. The van der Waals surface area contributed by atoms with Crippen LogP contribution in [0.5, 0.6) is 0 Å². The Morgan fingerprint density at radius 2 is 1.61 bits per heavy atom. The van der Waals surface area contributed by atoms with Crippen molar-refractivity contribution >= 4 is 11.9 Å². The first-order valence-electron chi connectivity index (χ1n) is 6.97. The number of hydrogen-bond acceptors (Lipinski definition) is 1. The fourth-order valence-corrected chi connectivity index (χ4v) is 2.57. The van der Waals surface area contributed by atoms with Gasteiger partial charge in [0.05, 0.1) is 0 Å². The van der Waals surface area contributed by atoms with Gasteiger partial charge in [-0.15, -0.1) is 0 Å². The summed E-state index contributed by atoms with van der Waals surface area (Å²) in [7, 11) is 7.64. The van der Waals surface area contributed by atoms with Crippen LogP contribution >= 0.6 is 0 Å². The van der Waals surface area contributed by atoms with Crippen molar-refractivity contribution in [2.75, 3.05) is 28.2 Å². The predicted molar refractivity (Wildman–Crippen MR) is 75.6 cm³/mol. The van der Waals surface area contributed by atoms with E-state index in [1.54, 1.807) is 0 Å². The molecule has 4 heteroatoms. The van der Waals surface area contributed by atoms with Gasteiger partial charge in [-0.05, 0) is 12.3 Å². The molecule has 0 saturated heterocycles. The van der Waals surface area contributed by atoms with E-state index in [0.29, 0.717) is 6.42 Å². The molecule has 104 valence electrons. The lowest BCUT2D eigenvalue weighted by Crippen LogP contribution is -2.36. The van der Waals surface area contributed by atoms with Crippen LogP contribution in [0.1, 0.15) is 44.9 Å². The molecule has 18 heavy (non-hydrogen) atoms. The Morgan fingerprint density at radius 3 is 2.11 bits per heavy atom. The number of amides is 1. The Kier molecular flexibility index (Phi) is 6.16. The number of rotatable bonds is 3. The second-order valence-electron chi connectivity index (χ2n) is 5.64. The minimum absolute atomic E-state index is 0.0120. The maximum atomic E-state index is 11.9. The smallest absolute Gasteiger partial charge is 0.248 e. The van der Waals surface area contributed by atoms with E-state index in [1.807, 2.05) is 38.0 Å². The van der Waals surface area contributed by atoms with E-state index < -0.39 is 0 Å². The van der Waals surface area contributed by atoms with E-state index in [-0.39, 0.29) is 5.91 Å². The number of carbonyl (C=O) groups is 1. The van der Waals surface area contributed by atoms with Gasteiger partial charge in [0.15, 0.2) is 0 Å². The molecule has 0 atom stereocenters. The molecule has 0 aromatic carbocycles. The molecule has 0 heterocycles. The molecule has 1 saturated carbocycles. The van der Waals surface area contributed by atoms with Crippen LogP contribution in [-0.4, -0.2) is 49.9 Å². The molecule has 0 unspecified atom stereocenters. The van der Waals surface area contributed by atoms with Crippen molar-refractivity contribution in [1.82, 2.24) is 9.80 Å². The summed E-state index contributed by atoms with van der Waals surface area (Å²) in [6.07, 6.45) is 8.24. The van der Waals surface area contributed by atoms with Gasteiger partial charge in [0.25, 0.3) is 0 Å². The molecule has 1 amide bonds. The van der Waals surface area contributed by atoms with Crippen LogP contribution in [0.2, 0.25) is 0 Å². The summed E-state index contributed by atoms with van der Waals surface area (Å²) < 4.78 is 0.